The molecule has 1 aromatic carbocycles. The zero-order valence-electron chi connectivity index (χ0n) is 16.7. The average molecular weight is 433 g/mol. The fourth-order valence-electron chi connectivity index (χ4n) is 3.21. The Kier molecular flexibility index (Phi) is 6.68. The van der Waals surface area contributed by atoms with E-state index in [1.54, 1.807) is 19.1 Å². The van der Waals surface area contributed by atoms with Crippen LogP contribution in [0.15, 0.2) is 47.5 Å². The summed E-state index contributed by atoms with van der Waals surface area (Å²) in [7, 11) is -3.68. The molecule has 0 saturated carbocycles. The highest BCUT2D eigenvalue weighted by molar-refractivity contribution is 7.89. The van der Waals surface area contributed by atoms with Gasteiger partial charge in [0.2, 0.25) is 15.9 Å². The van der Waals surface area contributed by atoms with Crippen molar-refractivity contribution >= 4 is 27.7 Å². The molecule has 1 aliphatic heterocycles. The maximum Gasteiger partial charge on any atom is 0.339 e. The van der Waals surface area contributed by atoms with Crippen molar-refractivity contribution < 1.29 is 22.7 Å². The number of hydrogen-bond donors (Lipinski definition) is 1. The van der Waals surface area contributed by atoms with Gasteiger partial charge in [0.15, 0.2) is 0 Å². The third kappa shape index (κ3) is 4.77. The number of ether oxygens (including phenoxy) is 1. The van der Waals surface area contributed by atoms with Gasteiger partial charge in [0.1, 0.15) is 5.82 Å². The molecule has 2 heterocycles. The lowest BCUT2D eigenvalue weighted by Crippen LogP contribution is -2.35. The number of primary amides is 1. The van der Waals surface area contributed by atoms with Gasteiger partial charge in [0, 0.05) is 37.9 Å². The number of hydrogen-bond acceptors (Lipinski definition) is 7. The number of carbonyl (C=O) groups excluding carboxylic acids is 2. The molecule has 0 radical (unpaired) electrons. The molecule has 2 N–H and O–H groups in total. The fourth-order valence-corrected chi connectivity index (χ4v) is 4.68. The monoisotopic (exact) mass is 432 g/mol. The highest BCUT2D eigenvalue weighted by atomic mass is 32.2. The van der Waals surface area contributed by atoms with Gasteiger partial charge >= 0.3 is 5.97 Å². The second kappa shape index (κ2) is 9.23. The SMILES string of the molecule is CCOC(=O)c1ccc(N2CCCN(S(=O)(=O)c3ccc(C(N)=O)cc3)CC2)nc1. The number of anilines is 1. The molecule has 10 heteroatoms. The van der Waals surface area contributed by atoms with Crippen LogP contribution in [0.4, 0.5) is 5.82 Å². The quantitative estimate of drug-likeness (QED) is 0.682. The normalized spacial score (nSPS) is 15.4. The lowest BCUT2D eigenvalue weighted by atomic mass is 10.2. The van der Waals surface area contributed by atoms with Crippen LogP contribution in [-0.4, -0.2) is 62.4 Å². The van der Waals surface area contributed by atoms with Crippen LogP contribution in [0, 0.1) is 0 Å². The average Bonchev–Trinajstić information content (AvgIpc) is 3.01. The minimum Gasteiger partial charge on any atom is -0.462 e. The number of sulfonamides is 1. The number of nitrogens with zero attached hydrogens (tertiary/aromatic N) is 3. The van der Waals surface area contributed by atoms with Gasteiger partial charge in [0.05, 0.1) is 17.1 Å². The molecule has 0 bridgehead atoms. The van der Waals surface area contributed by atoms with E-state index in [1.807, 2.05) is 4.90 Å². The second-order valence-corrected chi connectivity index (χ2v) is 8.70. The lowest BCUT2D eigenvalue weighted by molar-refractivity contribution is 0.0525. The summed E-state index contributed by atoms with van der Waals surface area (Å²) in [6.45, 7) is 3.80. The van der Waals surface area contributed by atoms with Crippen LogP contribution in [0.2, 0.25) is 0 Å². The van der Waals surface area contributed by atoms with E-state index in [-0.39, 0.29) is 10.5 Å². The van der Waals surface area contributed by atoms with Gasteiger partial charge in [-0.25, -0.2) is 18.2 Å². The highest BCUT2D eigenvalue weighted by Crippen LogP contribution is 2.20. The van der Waals surface area contributed by atoms with Crippen molar-refractivity contribution in [3.05, 3.63) is 53.7 Å². The minimum atomic E-state index is -3.68. The third-order valence-electron chi connectivity index (χ3n) is 4.81. The Morgan fingerprint density at radius 2 is 1.73 bits per heavy atom. The summed E-state index contributed by atoms with van der Waals surface area (Å²) in [5.41, 5.74) is 5.84. The second-order valence-electron chi connectivity index (χ2n) is 6.76. The summed E-state index contributed by atoms with van der Waals surface area (Å²) in [4.78, 5) is 29.4. The lowest BCUT2D eigenvalue weighted by Gasteiger charge is -2.22. The van der Waals surface area contributed by atoms with E-state index in [9.17, 15) is 18.0 Å². The molecule has 3 rings (SSSR count). The molecule has 1 aromatic heterocycles. The largest absolute Gasteiger partial charge is 0.462 e. The molecule has 0 atom stereocenters. The van der Waals surface area contributed by atoms with Gasteiger partial charge in [-0.3, -0.25) is 4.79 Å². The summed E-state index contributed by atoms with van der Waals surface area (Å²) < 4.78 is 32.3. The molecular weight excluding hydrogens is 408 g/mol. The molecule has 1 saturated heterocycles. The Hall–Kier alpha value is -2.98. The first-order chi connectivity index (χ1) is 14.3. The van der Waals surface area contributed by atoms with E-state index >= 15 is 0 Å². The van der Waals surface area contributed by atoms with Crippen molar-refractivity contribution in [2.75, 3.05) is 37.7 Å². The van der Waals surface area contributed by atoms with Crippen molar-refractivity contribution in [2.45, 2.75) is 18.2 Å². The molecule has 9 nitrogen and oxygen atoms in total. The zero-order chi connectivity index (χ0) is 21.7. The van der Waals surface area contributed by atoms with Gasteiger partial charge in [-0.05, 0) is 49.7 Å². The van der Waals surface area contributed by atoms with Crippen molar-refractivity contribution in [3.63, 3.8) is 0 Å². The van der Waals surface area contributed by atoms with Crippen LogP contribution >= 0.6 is 0 Å². The minimum absolute atomic E-state index is 0.123. The van der Waals surface area contributed by atoms with Gasteiger partial charge in [-0.15, -0.1) is 0 Å². The van der Waals surface area contributed by atoms with Gasteiger partial charge in [0.25, 0.3) is 0 Å². The fraction of sp³-hybridized carbons (Fsp3) is 0.350. The molecule has 0 spiro atoms. The van der Waals surface area contributed by atoms with Gasteiger partial charge in [-0.2, -0.15) is 4.31 Å². The number of esters is 1. The summed E-state index contributed by atoms with van der Waals surface area (Å²) in [5.74, 6) is -0.356. The summed E-state index contributed by atoms with van der Waals surface area (Å²) in [6.07, 6.45) is 2.09. The van der Waals surface area contributed by atoms with Crippen LogP contribution < -0.4 is 10.6 Å². The number of nitrogens with two attached hydrogens (primary N) is 1. The summed E-state index contributed by atoms with van der Waals surface area (Å²) in [5, 5.41) is 0. The summed E-state index contributed by atoms with van der Waals surface area (Å²) in [6, 6.07) is 9.00. The number of aromatic nitrogens is 1. The first-order valence-corrected chi connectivity index (χ1v) is 11.0. The van der Waals surface area contributed by atoms with Crippen LogP contribution in [0.25, 0.3) is 0 Å². The van der Waals surface area contributed by atoms with E-state index in [0.717, 1.165) is 0 Å². The Balaban J connectivity index is 1.69. The van der Waals surface area contributed by atoms with E-state index in [4.69, 9.17) is 10.5 Å². The van der Waals surface area contributed by atoms with E-state index < -0.39 is 21.9 Å². The van der Waals surface area contributed by atoms with Crippen LogP contribution in [0.5, 0.6) is 0 Å². The molecule has 2 aromatic rings. The number of benzene rings is 1. The number of carbonyl (C=O) groups is 2. The maximum absolute atomic E-state index is 13.0. The smallest absolute Gasteiger partial charge is 0.339 e. The van der Waals surface area contributed by atoms with Gasteiger partial charge < -0.3 is 15.4 Å². The molecular formula is C20H24N4O5S. The molecule has 0 aliphatic carbocycles. The molecule has 1 aliphatic rings. The molecule has 160 valence electrons. The number of rotatable bonds is 6. The molecule has 0 unspecified atom stereocenters. The van der Waals surface area contributed by atoms with Crippen LogP contribution in [0.3, 0.4) is 0 Å². The van der Waals surface area contributed by atoms with Crippen LogP contribution in [0.1, 0.15) is 34.1 Å². The Morgan fingerprint density at radius 3 is 2.33 bits per heavy atom. The molecule has 1 amide bonds. The predicted molar refractivity (Wildman–Crippen MR) is 111 cm³/mol. The number of amides is 1. The first kappa shape index (κ1) is 21.7. The Bertz CT molecular complexity index is 1010. The summed E-state index contributed by atoms with van der Waals surface area (Å²) >= 11 is 0. The zero-order valence-corrected chi connectivity index (χ0v) is 17.5. The highest BCUT2D eigenvalue weighted by Gasteiger charge is 2.27. The number of pyridine rings is 1. The van der Waals surface area contributed by atoms with Crippen molar-refractivity contribution in [3.8, 4) is 0 Å². The Morgan fingerprint density at radius 1 is 1.03 bits per heavy atom. The van der Waals surface area contributed by atoms with Crippen molar-refractivity contribution in [2.24, 2.45) is 5.73 Å². The maximum atomic E-state index is 13.0. The standard InChI is InChI=1S/C20H24N4O5S/c1-2-29-20(26)16-6-9-18(22-14-16)23-10-3-11-24(13-12-23)30(27,28)17-7-4-15(5-8-17)19(21)25/h4-9,14H,2-3,10-13H2,1H3,(H2,21,25). The molecule has 30 heavy (non-hydrogen) atoms. The van der Waals surface area contributed by atoms with Crippen molar-refractivity contribution in [1.29, 1.82) is 0 Å². The van der Waals surface area contributed by atoms with Crippen LogP contribution in [-0.2, 0) is 14.8 Å². The Labute approximate surface area is 175 Å². The van der Waals surface area contributed by atoms with E-state index in [1.165, 1.54) is 34.8 Å². The topological polar surface area (TPSA) is 123 Å². The van der Waals surface area contributed by atoms with Gasteiger partial charge in [-0.1, -0.05) is 0 Å². The van der Waals surface area contributed by atoms with E-state index in [2.05, 4.69) is 4.98 Å². The van der Waals surface area contributed by atoms with Crippen molar-refractivity contribution in [1.82, 2.24) is 9.29 Å². The molecule has 1 fully saturated rings. The third-order valence-corrected chi connectivity index (χ3v) is 6.73. The first-order valence-electron chi connectivity index (χ1n) is 9.61. The van der Waals surface area contributed by atoms with E-state index in [0.29, 0.717) is 50.6 Å². The predicted octanol–water partition coefficient (Wildman–Crippen LogP) is 1.26.